The monoisotopic (exact) mass is 482 g/mol. The quantitative estimate of drug-likeness (QED) is 0.565. The van der Waals surface area contributed by atoms with Crippen molar-refractivity contribution in [1.29, 1.82) is 5.26 Å². The first-order valence-corrected chi connectivity index (χ1v) is 10.9. The van der Waals surface area contributed by atoms with Crippen molar-refractivity contribution in [2.45, 2.75) is 31.9 Å². The number of amides is 1. The van der Waals surface area contributed by atoms with Gasteiger partial charge < -0.3 is 10.0 Å². The summed E-state index contributed by atoms with van der Waals surface area (Å²) in [6.07, 6.45) is -3.25. The SMILES string of the molecule is N#Cc1ccc(CCC(Cc2cccc(F)c2C(F)(F)F)C2CCN(C(=O)CO)C2)cc1Cl. The van der Waals surface area contributed by atoms with Gasteiger partial charge in [0.05, 0.1) is 16.1 Å². The fraction of sp³-hybridized carbons (Fsp3) is 0.417. The molecular weight excluding hydrogens is 460 g/mol. The Hall–Kier alpha value is -2.63. The van der Waals surface area contributed by atoms with Gasteiger partial charge in [-0.3, -0.25) is 4.79 Å². The summed E-state index contributed by atoms with van der Waals surface area (Å²) in [6, 6.07) is 10.4. The Morgan fingerprint density at radius 3 is 2.70 bits per heavy atom. The van der Waals surface area contributed by atoms with Crippen molar-refractivity contribution < 1.29 is 27.5 Å². The topological polar surface area (TPSA) is 64.3 Å². The summed E-state index contributed by atoms with van der Waals surface area (Å²) in [4.78, 5) is 13.4. The van der Waals surface area contributed by atoms with Crippen molar-refractivity contribution in [3.63, 3.8) is 0 Å². The van der Waals surface area contributed by atoms with Crippen molar-refractivity contribution in [3.8, 4) is 6.07 Å². The number of carbonyl (C=O) groups is 1. The van der Waals surface area contributed by atoms with E-state index in [0.717, 1.165) is 11.6 Å². The summed E-state index contributed by atoms with van der Waals surface area (Å²) >= 11 is 6.10. The Balaban J connectivity index is 1.86. The van der Waals surface area contributed by atoms with Crippen LogP contribution < -0.4 is 0 Å². The minimum atomic E-state index is -4.82. The smallest absolute Gasteiger partial charge is 0.387 e. The number of aliphatic hydroxyl groups is 1. The van der Waals surface area contributed by atoms with Crippen LogP contribution in [-0.4, -0.2) is 35.6 Å². The van der Waals surface area contributed by atoms with Crippen LogP contribution in [0.25, 0.3) is 0 Å². The van der Waals surface area contributed by atoms with Crippen molar-refractivity contribution >= 4 is 17.5 Å². The van der Waals surface area contributed by atoms with E-state index in [4.69, 9.17) is 22.0 Å². The van der Waals surface area contributed by atoms with E-state index in [9.17, 15) is 22.4 Å². The van der Waals surface area contributed by atoms with Crippen LogP contribution in [0.2, 0.25) is 5.02 Å². The minimum absolute atomic E-state index is 0.00242. The first-order valence-electron chi connectivity index (χ1n) is 10.6. The molecule has 33 heavy (non-hydrogen) atoms. The number of likely N-dealkylation sites (tertiary alicyclic amines) is 1. The maximum atomic E-state index is 14.1. The van der Waals surface area contributed by atoms with E-state index in [-0.39, 0.29) is 23.8 Å². The molecule has 0 radical (unpaired) electrons. The molecule has 0 bridgehead atoms. The second kappa shape index (κ2) is 10.5. The number of alkyl halides is 3. The number of rotatable bonds is 7. The van der Waals surface area contributed by atoms with Crippen LogP contribution in [0.15, 0.2) is 36.4 Å². The summed E-state index contributed by atoms with van der Waals surface area (Å²) in [5.74, 6) is -2.09. The zero-order valence-electron chi connectivity index (χ0n) is 17.7. The number of nitrogens with zero attached hydrogens (tertiary/aromatic N) is 2. The first kappa shape index (κ1) is 25.0. The van der Waals surface area contributed by atoms with Crippen molar-refractivity contribution in [1.82, 2.24) is 4.90 Å². The number of aliphatic hydroxyl groups excluding tert-OH is 1. The maximum absolute atomic E-state index is 14.1. The van der Waals surface area contributed by atoms with Gasteiger partial charge in [-0.2, -0.15) is 18.4 Å². The van der Waals surface area contributed by atoms with Crippen LogP contribution in [0, 0.1) is 29.0 Å². The third kappa shape index (κ3) is 6.04. The van der Waals surface area contributed by atoms with Crippen LogP contribution in [0.1, 0.15) is 35.1 Å². The number of hydrogen-bond acceptors (Lipinski definition) is 3. The van der Waals surface area contributed by atoms with E-state index < -0.39 is 30.1 Å². The van der Waals surface area contributed by atoms with E-state index >= 15 is 0 Å². The zero-order chi connectivity index (χ0) is 24.2. The Labute approximate surface area is 194 Å². The molecule has 0 saturated carbocycles. The second-order valence-corrected chi connectivity index (χ2v) is 8.65. The number of aryl methyl sites for hydroxylation is 1. The molecule has 2 aromatic rings. The molecule has 9 heteroatoms. The van der Waals surface area contributed by atoms with E-state index in [1.54, 1.807) is 18.2 Å². The van der Waals surface area contributed by atoms with Gasteiger partial charge in [-0.25, -0.2) is 4.39 Å². The summed E-state index contributed by atoms with van der Waals surface area (Å²) in [5, 5.41) is 18.5. The van der Waals surface area contributed by atoms with Gasteiger partial charge in [0.25, 0.3) is 0 Å². The Morgan fingerprint density at radius 1 is 1.30 bits per heavy atom. The average molecular weight is 483 g/mol. The molecule has 1 aliphatic heterocycles. The van der Waals surface area contributed by atoms with Crippen molar-refractivity contribution in [3.05, 3.63) is 69.5 Å². The second-order valence-electron chi connectivity index (χ2n) is 8.25. The highest BCUT2D eigenvalue weighted by Gasteiger charge is 2.38. The lowest BCUT2D eigenvalue weighted by molar-refractivity contribution is -0.140. The highest BCUT2D eigenvalue weighted by atomic mass is 35.5. The molecule has 3 rings (SSSR count). The molecule has 1 saturated heterocycles. The standard InChI is InChI=1S/C24H23ClF4N2O2/c25-20-10-15(5-7-18(20)12-30)4-6-16(19-8-9-31(13-19)22(33)14-32)11-17-2-1-3-21(26)23(17)24(27,28)29/h1-3,5,7,10,16,19,32H,4,6,8-9,11,13-14H2. The fourth-order valence-corrected chi connectivity index (χ4v) is 4.74. The molecule has 176 valence electrons. The predicted octanol–water partition coefficient (Wildman–Crippen LogP) is 5.00. The number of nitriles is 1. The van der Waals surface area contributed by atoms with E-state index in [0.29, 0.717) is 42.9 Å². The lowest BCUT2D eigenvalue weighted by Gasteiger charge is -2.26. The molecule has 1 fully saturated rings. The molecule has 1 aliphatic rings. The predicted molar refractivity (Wildman–Crippen MR) is 115 cm³/mol. The normalized spacial score (nSPS) is 17.1. The molecule has 0 spiro atoms. The molecular formula is C24H23ClF4N2O2. The average Bonchev–Trinajstić information content (AvgIpc) is 3.25. The largest absolute Gasteiger partial charge is 0.419 e. The van der Waals surface area contributed by atoms with Gasteiger partial charge in [0.15, 0.2) is 0 Å². The van der Waals surface area contributed by atoms with Crippen LogP contribution in [0.5, 0.6) is 0 Å². The number of benzene rings is 2. The molecule has 0 aliphatic carbocycles. The maximum Gasteiger partial charge on any atom is 0.419 e. The summed E-state index contributed by atoms with van der Waals surface area (Å²) in [6.45, 7) is 0.122. The van der Waals surface area contributed by atoms with Crippen LogP contribution in [-0.2, 0) is 23.8 Å². The van der Waals surface area contributed by atoms with E-state index in [2.05, 4.69) is 0 Å². The summed E-state index contributed by atoms with van der Waals surface area (Å²) in [7, 11) is 0. The number of halogens is 5. The number of hydrogen-bond donors (Lipinski definition) is 1. The van der Waals surface area contributed by atoms with Crippen LogP contribution in [0.4, 0.5) is 17.6 Å². The fourth-order valence-electron chi connectivity index (χ4n) is 4.50. The molecule has 4 nitrogen and oxygen atoms in total. The zero-order valence-corrected chi connectivity index (χ0v) is 18.5. The lowest BCUT2D eigenvalue weighted by atomic mass is 9.81. The van der Waals surface area contributed by atoms with Gasteiger partial charge >= 0.3 is 6.18 Å². The summed E-state index contributed by atoms with van der Waals surface area (Å²) < 4.78 is 54.8. The van der Waals surface area contributed by atoms with Gasteiger partial charge in [0.1, 0.15) is 18.5 Å². The van der Waals surface area contributed by atoms with Gasteiger partial charge in [0, 0.05) is 13.1 Å². The van der Waals surface area contributed by atoms with Gasteiger partial charge in [-0.1, -0.05) is 29.8 Å². The highest BCUT2D eigenvalue weighted by molar-refractivity contribution is 6.31. The van der Waals surface area contributed by atoms with Gasteiger partial charge in [-0.05, 0) is 66.8 Å². The molecule has 0 aromatic heterocycles. The van der Waals surface area contributed by atoms with E-state index in [1.807, 2.05) is 6.07 Å². The minimum Gasteiger partial charge on any atom is -0.387 e. The highest BCUT2D eigenvalue weighted by Crippen LogP contribution is 2.38. The van der Waals surface area contributed by atoms with Gasteiger partial charge in [-0.15, -0.1) is 0 Å². The van der Waals surface area contributed by atoms with E-state index in [1.165, 1.54) is 17.0 Å². The molecule has 1 N–H and O–H groups in total. The Morgan fingerprint density at radius 2 is 2.06 bits per heavy atom. The molecule has 2 atom stereocenters. The third-order valence-electron chi connectivity index (χ3n) is 6.20. The van der Waals surface area contributed by atoms with Crippen molar-refractivity contribution in [2.24, 2.45) is 11.8 Å². The molecule has 1 amide bonds. The Kier molecular flexibility index (Phi) is 7.98. The molecule has 2 unspecified atom stereocenters. The molecule has 1 heterocycles. The first-order chi connectivity index (χ1) is 15.6. The molecule has 2 aromatic carbocycles. The van der Waals surface area contributed by atoms with Crippen LogP contribution in [0.3, 0.4) is 0 Å². The van der Waals surface area contributed by atoms with Gasteiger partial charge in [0.2, 0.25) is 5.91 Å². The number of carbonyl (C=O) groups excluding carboxylic acids is 1. The van der Waals surface area contributed by atoms with Crippen molar-refractivity contribution in [2.75, 3.05) is 19.7 Å². The van der Waals surface area contributed by atoms with Crippen LogP contribution >= 0.6 is 11.6 Å². The third-order valence-corrected chi connectivity index (χ3v) is 6.52. The lowest BCUT2D eigenvalue weighted by Crippen LogP contribution is -2.32. The summed E-state index contributed by atoms with van der Waals surface area (Å²) in [5.41, 5.74) is -0.198. The Bertz CT molecular complexity index is 1050.